The average molecular weight is 314 g/mol. The van der Waals surface area contributed by atoms with E-state index in [0.29, 0.717) is 0 Å². The minimum Gasteiger partial charge on any atom is -0.481 e. The lowest BCUT2D eigenvalue weighted by Gasteiger charge is -2.14. The number of benzene rings is 2. The van der Waals surface area contributed by atoms with E-state index in [1.54, 1.807) is 0 Å². The number of alkyl halides is 3. The molecule has 0 atom stereocenters. The fourth-order valence-electron chi connectivity index (χ4n) is 1.86. The summed E-state index contributed by atoms with van der Waals surface area (Å²) in [5.41, 5.74) is -1.24. The fraction of sp³-hybridized carbons (Fsp3) is 0.133. The summed E-state index contributed by atoms with van der Waals surface area (Å²) in [5.74, 6) is -2.16. The second-order valence-corrected chi connectivity index (χ2v) is 4.37. The van der Waals surface area contributed by atoms with Crippen molar-refractivity contribution in [2.45, 2.75) is 6.18 Å². The predicted molar refractivity (Wildman–Crippen MR) is 70.0 cm³/mol. The Morgan fingerprint density at radius 3 is 2.36 bits per heavy atom. The van der Waals surface area contributed by atoms with Crippen molar-refractivity contribution in [3.63, 3.8) is 0 Å². The third-order valence-corrected chi connectivity index (χ3v) is 2.82. The van der Waals surface area contributed by atoms with Crippen LogP contribution in [-0.2, 0) is 11.0 Å². The van der Waals surface area contributed by atoms with Crippen molar-refractivity contribution in [1.29, 1.82) is 0 Å². The van der Waals surface area contributed by atoms with Crippen LogP contribution in [0.1, 0.15) is 5.56 Å². The molecule has 0 aliphatic carbocycles. The third kappa shape index (κ3) is 3.55. The van der Waals surface area contributed by atoms with Gasteiger partial charge in [0.25, 0.3) is 0 Å². The first-order valence-electron chi connectivity index (χ1n) is 6.10. The zero-order valence-electron chi connectivity index (χ0n) is 11.0. The summed E-state index contributed by atoms with van der Waals surface area (Å²) in [5, 5.41) is 8.60. The van der Waals surface area contributed by atoms with E-state index >= 15 is 0 Å². The molecule has 7 heteroatoms. The number of halogens is 4. The van der Waals surface area contributed by atoms with Crippen molar-refractivity contribution in [3.8, 4) is 16.9 Å². The second kappa shape index (κ2) is 6.05. The van der Waals surface area contributed by atoms with Crippen LogP contribution < -0.4 is 4.74 Å². The molecule has 0 unspecified atom stereocenters. The largest absolute Gasteiger partial charge is 0.481 e. The molecule has 0 radical (unpaired) electrons. The van der Waals surface area contributed by atoms with E-state index in [-0.39, 0.29) is 16.9 Å². The van der Waals surface area contributed by atoms with Crippen LogP contribution in [0.5, 0.6) is 5.75 Å². The Bertz CT molecular complexity index is 695. The van der Waals surface area contributed by atoms with Crippen molar-refractivity contribution < 1.29 is 32.2 Å². The lowest BCUT2D eigenvalue weighted by Crippen LogP contribution is -2.11. The molecule has 2 aromatic rings. The van der Waals surface area contributed by atoms with Crippen molar-refractivity contribution >= 4 is 5.97 Å². The highest BCUT2D eigenvalue weighted by Gasteiger charge is 2.31. The Morgan fingerprint density at radius 2 is 1.77 bits per heavy atom. The Morgan fingerprint density at radius 1 is 1.09 bits per heavy atom. The Labute approximate surface area is 122 Å². The number of hydrogen-bond acceptors (Lipinski definition) is 2. The summed E-state index contributed by atoms with van der Waals surface area (Å²) in [6.07, 6.45) is -4.61. The molecule has 2 aromatic carbocycles. The van der Waals surface area contributed by atoms with E-state index in [4.69, 9.17) is 9.84 Å². The zero-order valence-corrected chi connectivity index (χ0v) is 11.0. The van der Waals surface area contributed by atoms with Crippen molar-refractivity contribution in [2.75, 3.05) is 6.61 Å². The van der Waals surface area contributed by atoms with E-state index in [2.05, 4.69) is 0 Å². The molecule has 0 heterocycles. The van der Waals surface area contributed by atoms with Crippen LogP contribution in [0.15, 0.2) is 42.5 Å². The summed E-state index contributed by atoms with van der Waals surface area (Å²) in [6.45, 7) is -0.743. The number of aliphatic carboxylic acids is 1. The standard InChI is InChI=1S/C15H10F4O3/c16-12-4-2-1-3-10(12)11-7-9(15(17,18)19)5-6-13(11)22-8-14(20)21/h1-7H,8H2,(H,20,21). The number of carbonyl (C=O) groups is 1. The highest BCUT2D eigenvalue weighted by atomic mass is 19.4. The SMILES string of the molecule is O=C(O)COc1ccc(C(F)(F)F)cc1-c1ccccc1F. The second-order valence-electron chi connectivity index (χ2n) is 4.37. The van der Waals surface area contributed by atoms with Gasteiger partial charge in [-0.25, -0.2) is 9.18 Å². The van der Waals surface area contributed by atoms with Crippen LogP contribution in [-0.4, -0.2) is 17.7 Å². The quantitative estimate of drug-likeness (QED) is 0.869. The summed E-state index contributed by atoms with van der Waals surface area (Å²) in [7, 11) is 0. The Balaban J connectivity index is 2.55. The highest BCUT2D eigenvalue weighted by Crippen LogP contribution is 2.38. The minimum absolute atomic E-state index is 0.103. The number of ether oxygens (including phenoxy) is 1. The summed E-state index contributed by atoms with van der Waals surface area (Å²) in [6, 6.07) is 7.70. The molecule has 0 saturated heterocycles. The first-order chi connectivity index (χ1) is 10.3. The average Bonchev–Trinajstić information content (AvgIpc) is 2.44. The van der Waals surface area contributed by atoms with Gasteiger partial charge in [-0.05, 0) is 24.3 Å². The Hall–Kier alpha value is -2.57. The van der Waals surface area contributed by atoms with Crippen LogP contribution in [0.25, 0.3) is 11.1 Å². The van der Waals surface area contributed by atoms with Gasteiger partial charge < -0.3 is 9.84 Å². The molecule has 0 aliphatic heterocycles. The van der Waals surface area contributed by atoms with Gasteiger partial charge in [-0.3, -0.25) is 0 Å². The van der Waals surface area contributed by atoms with Gasteiger partial charge in [0, 0.05) is 11.1 Å². The lowest BCUT2D eigenvalue weighted by molar-refractivity contribution is -0.140. The molecule has 0 spiro atoms. The van der Waals surface area contributed by atoms with Crippen LogP contribution in [0.4, 0.5) is 17.6 Å². The molecular weight excluding hydrogens is 304 g/mol. The molecule has 0 saturated carbocycles. The molecule has 0 aliphatic rings. The van der Waals surface area contributed by atoms with Gasteiger partial charge in [-0.2, -0.15) is 13.2 Å². The van der Waals surface area contributed by atoms with E-state index in [1.165, 1.54) is 18.2 Å². The van der Waals surface area contributed by atoms with E-state index in [9.17, 15) is 22.4 Å². The topological polar surface area (TPSA) is 46.5 Å². The van der Waals surface area contributed by atoms with Crippen molar-refractivity contribution in [1.82, 2.24) is 0 Å². The molecule has 0 amide bonds. The monoisotopic (exact) mass is 314 g/mol. The van der Waals surface area contributed by atoms with Gasteiger partial charge in [-0.1, -0.05) is 18.2 Å². The van der Waals surface area contributed by atoms with Crippen molar-refractivity contribution in [3.05, 3.63) is 53.8 Å². The van der Waals surface area contributed by atoms with Gasteiger partial charge in [0.05, 0.1) is 5.56 Å². The van der Waals surface area contributed by atoms with E-state index in [0.717, 1.165) is 24.3 Å². The lowest BCUT2D eigenvalue weighted by atomic mass is 10.0. The summed E-state index contributed by atoms with van der Waals surface area (Å²) < 4.78 is 57.2. The molecule has 2 rings (SSSR count). The number of carboxylic acids is 1. The van der Waals surface area contributed by atoms with Crippen LogP contribution in [0, 0.1) is 5.82 Å². The van der Waals surface area contributed by atoms with Crippen LogP contribution >= 0.6 is 0 Å². The number of hydrogen-bond donors (Lipinski definition) is 1. The first kappa shape index (κ1) is 15.8. The maximum Gasteiger partial charge on any atom is 0.416 e. The maximum absolute atomic E-state index is 13.8. The van der Waals surface area contributed by atoms with Crippen molar-refractivity contribution in [2.24, 2.45) is 0 Å². The van der Waals surface area contributed by atoms with Gasteiger partial charge in [0.15, 0.2) is 6.61 Å². The number of carboxylic acid groups (broad SMARTS) is 1. The number of rotatable bonds is 4. The Kier molecular flexibility index (Phi) is 4.35. The first-order valence-corrected chi connectivity index (χ1v) is 6.10. The zero-order chi connectivity index (χ0) is 16.3. The fourth-order valence-corrected chi connectivity index (χ4v) is 1.86. The summed E-state index contributed by atoms with van der Waals surface area (Å²) >= 11 is 0. The van der Waals surface area contributed by atoms with Crippen LogP contribution in [0.2, 0.25) is 0 Å². The smallest absolute Gasteiger partial charge is 0.416 e. The minimum atomic E-state index is -4.61. The molecule has 116 valence electrons. The normalized spacial score (nSPS) is 11.3. The highest BCUT2D eigenvalue weighted by molar-refractivity contribution is 5.73. The predicted octanol–water partition coefficient (Wildman–Crippen LogP) is 3.97. The molecule has 0 aromatic heterocycles. The maximum atomic E-state index is 13.8. The molecule has 0 bridgehead atoms. The van der Waals surface area contributed by atoms with Crippen LogP contribution in [0.3, 0.4) is 0 Å². The molecule has 0 fully saturated rings. The van der Waals surface area contributed by atoms with Gasteiger partial charge >= 0.3 is 12.1 Å². The molecule has 22 heavy (non-hydrogen) atoms. The van der Waals surface area contributed by atoms with Gasteiger partial charge in [0.2, 0.25) is 0 Å². The van der Waals surface area contributed by atoms with Gasteiger partial charge in [0.1, 0.15) is 11.6 Å². The third-order valence-electron chi connectivity index (χ3n) is 2.82. The molecule has 3 nitrogen and oxygen atoms in total. The molecular formula is C15H10F4O3. The van der Waals surface area contributed by atoms with E-state index in [1.807, 2.05) is 0 Å². The van der Waals surface area contributed by atoms with Gasteiger partial charge in [-0.15, -0.1) is 0 Å². The molecule has 1 N–H and O–H groups in total. The van der Waals surface area contributed by atoms with E-state index < -0.39 is 30.1 Å². The summed E-state index contributed by atoms with van der Waals surface area (Å²) in [4.78, 5) is 10.5.